The van der Waals surface area contributed by atoms with Gasteiger partial charge in [-0.1, -0.05) is 60.7 Å². The van der Waals surface area contributed by atoms with E-state index in [0.29, 0.717) is 32.7 Å². The second kappa shape index (κ2) is 11.0. The maximum Gasteiger partial charge on any atom is 0.225 e. The Balaban J connectivity index is 1.50. The van der Waals surface area contributed by atoms with Gasteiger partial charge in [-0.05, 0) is 17.5 Å². The van der Waals surface area contributed by atoms with Crippen molar-refractivity contribution in [3.05, 3.63) is 71.8 Å². The standard InChI is InChI=1S/C23H31N3O2/c24-12-14-26(13-11-20-7-3-1-4-8-20)23(27)17-22-19-25(15-16-28-22)18-21-9-5-2-6-10-21/h1-10,22H,11-19,24H2. The average molecular weight is 382 g/mol. The Morgan fingerprint density at radius 1 is 1.04 bits per heavy atom. The topological polar surface area (TPSA) is 58.8 Å². The lowest BCUT2D eigenvalue weighted by Gasteiger charge is -2.34. The molecule has 3 rings (SSSR count). The summed E-state index contributed by atoms with van der Waals surface area (Å²) in [4.78, 5) is 17.1. The average Bonchev–Trinajstić information content (AvgIpc) is 2.73. The zero-order valence-corrected chi connectivity index (χ0v) is 16.5. The number of amides is 1. The molecular formula is C23H31N3O2. The molecule has 0 aliphatic carbocycles. The lowest BCUT2D eigenvalue weighted by Crippen LogP contribution is -2.45. The van der Waals surface area contributed by atoms with Crippen LogP contribution in [0, 0.1) is 0 Å². The predicted molar refractivity (Wildman–Crippen MR) is 112 cm³/mol. The Hall–Kier alpha value is -2.21. The maximum absolute atomic E-state index is 12.9. The van der Waals surface area contributed by atoms with Crippen molar-refractivity contribution in [2.45, 2.75) is 25.5 Å². The fourth-order valence-corrected chi connectivity index (χ4v) is 3.64. The predicted octanol–water partition coefficient (Wildman–Crippen LogP) is 2.31. The molecule has 1 saturated heterocycles. The van der Waals surface area contributed by atoms with E-state index in [4.69, 9.17) is 10.5 Å². The van der Waals surface area contributed by atoms with Crippen molar-refractivity contribution >= 4 is 5.91 Å². The van der Waals surface area contributed by atoms with E-state index in [2.05, 4.69) is 41.3 Å². The molecular weight excluding hydrogens is 350 g/mol. The summed E-state index contributed by atoms with van der Waals surface area (Å²) in [7, 11) is 0. The number of carbonyl (C=O) groups excluding carboxylic acids is 1. The van der Waals surface area contributed by atoms with Gasteiger partial charge in [-0.25, -0.2) is 0 Å². The summed E-state index contributed by atoms with van der Waals surface area (Å²) in [6.45, 7) is 5.02. The molecule has 1 aliphatic heterocycles. The van der Waals surface area contributed by atoms with E-state index in [0.717, 1.165) is 26.1 Å². The fourth-order valence-electron chi connectivity index (χ4n) is 3.64. The van der Waals surface area contributed by atoms with Crippen LogP contribution in [-0.2, 0) is 22.5 Å². The van der Waals surface area contributed by atoms with Gasteiger partial charge in [0.05, 0.1) is 19.1 Å². The molecule has 0 spiro atoms. The highest BCUT2D eigenvalue weighted by Crippen LogP contribution is 2.14. The van der Waals surface area contributed by atoms with E-state index in [-0.39, 0.29) is 12.0 Å². The van der Waals surface area contributed by atoms with Crippen molar-refractivity contribution in [3.8, 4) is 0 Å². The summed E-state index contributed by atoms with van der Waals surface area (Å²) < 4.78 is 5.89. The zero-order chi connectivity index (χ0) is 19.6. The summed E-state index contributed by atoms with van der Waals surface area (Å²) in [5.74, 6) is 0.132. The minimum atomic E-state index is -0.0537. The quantitative estimate of drug-likeness (QED) is 0.724. The molecule has 150 valence electrons. The minimum absolute atomic E-state index is 0.0537. The summed E-state index contributed by atoms with van der Waals surface area (Å²) in [6.07, 6.45) is 1.21. The van der Waals surface area contributed by atoms with Crippen LogP contribution < -0.4 is 5.73 Å². The van der Waals surface area contributed by atoms with Crippen LogP contribution in [0.15, 0.2) is 60.7 Å². The van der Waals surface area contributed by atoms with E-state index in [9.17, 15) is 4.79 Å². The maximum atomic E-state index is 12.9. The van der Waals surface area contributed by atoms with Crippen LogP contribution in [0.4, 0.5) is 0 Å². The number of hydrogen-bond donors (Lipinski definition) is 1. The largest absolute Gasteiger partial charge is 0.375 e. The molecule has 0 bridgehead atoms. The van der Waals surface area contributed by atoms with Gasteiger partial charge in [0.25, 0.3) is 0 Å². The van der Waals surface area contributed by atoms with Gasteiger partial charge in [-0.15, -0.1) is 0 Å². The molecule has 1 unspecified atom stereocenters. The Morgan fingerprint density at radius 2 is 1.71 bits per heavy atom. The highest BCUT2D eigenvalue weighted by Gasteiger charge is 2.25. The van der Waals surface area contributed by atoms with Crippen molar-refractivity contribution in [2.75, 3.05) is 39.3 Å². The van der Waals surface area contributed by atoms with Gasteiger partial charge in [0, 0.05) is 39.3 Å². The number of ether oxygens (including phenoxy) is 1. The summed E-state index contributed by atoms with van der Waals surface area (Å²) in [5.41, 5.74) is 8.27. The first-order valence-corrected chi connectivity index (χ1v) is 10.1. The molecule has 2 aromatic rings. The van der Waals surface area contributed by atoms with E-state index in [1.165, 1.54) is 11.1 Å². The Kier molecular flexibility index (Phi) is 8.03. The summed E-state index contributed by atoms with van der Waals surface area (Å²) >= 11 is 0. The molecule has 1 aliphatic rings. The van der Waals surface area contributed by atoms with E-state index < -0.39 is 0 Å². The number of nitrogens with zero attached hydrogens (tertiary/aromatic N) is 2. The molecule has 5 heteroatoms. The van der Waals surface area contributed by atoms with Crippen molar-refractivity contribution in [3.63, 3.8) is 0 Å². The Morgan fingerprint density at radius 3 is 2.39 bits per heavy atom. The van der Waals surface area contributed by atoms with E-state index >= 15 is 0 Å². The van der Waals surface area contributed by atoms with Crippen molar-refractivity contribution in [1.29, 1.82) is 0 Å². The second-order valence-corrected chi connectivity index (χ2v) is 7.32. The normalized spacial score (nSPS) is 17.4. The molecule has 1 atom stereocenters. The lowest BCUT2D eigenvalue weighted by molar-refractivity contribution is -0.136. The van der Waals surface area contributed by atoms with Gasteiger partial charge < -0.3 is 15.4 Å². The summed E-state index contributed by atoms with van der Waals surface area (Å²) in [5, 5.41) is 0. The van der Waals surface area contributed by atoms with Gasteiger partial charge in [-0.3, -0.25) is 9.69 Å². The zero-order valence-electron chi connectivity index (χ0n) is 16.5. The van der Waals surface area contributed by atoms with Crippen LogP contribution in [-0.4, -0.2) is 61.1 Å². The molecule has 1 amide bonds. The van der Waals surface area contributed by atoms with Crippen molar-refractivity contribution < 1.29 is 9.53 Å². The van der Waals surface area contributed by atoms with Crippen molar-refractivity contribution in [2.24, 2.45) is 5.73 Å². The number of morpholine rings is 1. The third kappa shape index (κ3) is 6.44. The number of rotatable bonds is 9. The molecule has 28 heavy (non-hydrogen) atoms. The molecule has 1 fully saturated rings. The number of benzene rings is 2. The van der Waals surface area contributed by atoms with Gasteiger partial charge >= 0.3 is 0 Å². The third-order valence-corrected chi connectivity index (χ3v) is 5.14. The first-order chi connectivity index (χ1) is 13.7. The highest BCUT2D eigenvalue weighted by molar-refractivity contribution is 5.76. The van der Waals surface area contributed by atoms with Crippen LogP contribution in [0.1, 0.15) is 17.5 Å². The van der Waals surface area contributed by atoms with Crippen molar-refractivity contribution in [1.82, 2.24) is 9.80 Å². The third-order valence-electron chi connectivity index (χ3n) is 5.14. The van der Waals surface area contributed by atoms with E-state index in [1.54, 1.807) is 0 Å². The monoisotopic (exact) mass is 381 g/mol. The number of carbonyl (C=O) groups is 1. The van der Waals surface area contributed by atoms with Crippen LogP contribution in [0.3, 0.4) is 0 Å². The molecule has 2 N–H and O–H groups in total. The molecule has 0 saturated carbocycles. The SMILES string of the molecule is NCCN(CCc1ccccc1)C(=O)CC1CN(Cc2ccccc2)CCO1. The first kappa shape index (κ1) is 20.5. The summed E-state index contributed by atoms with van der Waals surface area (Å²) in [6, 6.07) is 20.7. The van der Waals surface area contributed by atoms with E-state index in [1.807, 2.05) is 29.2 Å². The van der Waals surface area contributed by atoms with Gasteiger partial charge in [0.15, 0.2) is 0 Å². The van der Waals surface area contributed by atoms with Crippen LogP contribution in [0.2, 0.25) is 0 Å². The number of nitrogens with two attached hydrogens (primary N) is 1. The smallest absolute Gasteiger partial charge is 0.225 e. The van der Waals surface area contributed by atoms with Gasteiger partial charge in [0.1, 0.15) is 0 Å². The van der Waals surface area contributed by atoms with Crippen LogP contribution >= 0.6 is 0 Å². The first-order valence-electron chi connectivity index (χ1n) is 10.1. The molecule has 1 heterocycles. The second-order valence-electron chi connectivity index (χ2n) is 7.32. The molecule has 5 nitrogen and oxygen atoms in total. The molecule has 0 aromatic heterocycles. The molecule has 0 radical (unpaired) electrons. The highest BCUT2D eigenvalue weighted by atomic mass is 16.5. The Labute approximate surface area is 168 Å². The van der Waals surface area contributed by atoms with Gasteiger partial charge in [0.2, 0.25) is 5.91 Å². The van der Waals surface area contributed by atoms with Crippen LogP contribution in [0.5, 0.6) is 0 Å². The van der Waals surface area contributed by atoms with Gasteiger partial charge in [-0.2, -0.15) is 0 Å². The number of hydrogen-bond acceptors (Lipinski definition) is 4. The Bertz CT molecular complexity index is 708. The minimum Gasteiger partial charge on any atom is -0.375 e. The van der Waals surface area contributed by atoms with Crippen LogP contribution in [0.25, 0.3) is 0 Å². The lowest BCUT2D eigenvalue weighted by atomic mass is 10.1. The fraction of sp³-hybridized carbons (Fsp3) is 0.435. The molecule has 2 aromatic carbocycles.